The maximum Gasteiger partial charge on any atom is 0.309 e. The Balaban J connectivity index is 0.000000176. The maximum absolute atomic E-state index is 12.2. The van der Waals surface area contributed by atoms with E-state index in [1.54, 1.807) is 36.1 Å². The van der Waals surface area contributed by atoms with Crippen molar-refractivity contribution in [2.24, 2.45) is 11.8 Å². The lowest BCUT2D eigenvalue weighted by Crippen LogP contribution is -2.23. The van der Waals surface area contributed by atoms with Gasteiger partial charge in [0, 0.05) is 21.1 Å². The number of esters is 2. The molecule has 2 aliphatic carbocycles. The lowest BCUT2D eigenvalue weighted by Gasteiger charge is -2.21. The van der Waals surface area contributed by atoms with Crippen LogP contribution >= 0.6 is 46.0 Å². The molecule has 2 unspecified atom stereocenters. The number of methoxy groups -OCH3 is 1. The van der Waals surface area contributed by atoms with Crippen molar-refractivity contribution >= 4 is 95.0 Å². The highest BCUT2D eigenvalue weighted by atomic mass is 35.5. The summed E-state index contributed by atoms with van der Waals surface area (Å²) in [5, 5.41) is 6.03. The van der Waals surface area contributed by atoms with Crippen molar-refractivity contribution in [1.29, 1.82) is 0 Å². The van der Waals surface area contributed by atoms with Crippen LogP contribution < -0.4 is 10.1 Å². The van der Waals surface area contributed by atoms with E-state index >= 15 is 0 Å². The van der Waals surface area contributed by atoms with Crippen LogP contribution in [0.1, 0.15) is 53.1 Å². The van der Waals surface area contributed by atoms with Gasteiger partial charge in [-0.25, -0.2) is 19.9 Å². The molecule has 8 rings (SSSR count). The summed E-state index contributed by atoms with van der Waals surface area (Å²) in [6.07, 6.45) is 8.05. The first-order valence-corrected chi connectivity index (χ1v) is 19.3. The Hall–Kier alpha value is -3.85. The summed E-state index contributed by atoms with van der Waals surface area (Å²) >= 11 is 10.6. The molecule has 1 aromatic carbocycles. The van der Waals surface area contributed by atoms with Gasteiger partial charge >= 0.3 is 11.9 Å². The molecule has 5 aromatic rings. The summed E-state index contributed by atoms with van der Waals surface area (Å²) in [5.74, 6) is 1.04. The molecule has 11 nitrogen and oxygen atoms in total. The number of carbonyl (C=O) groups excluding carboxylic acids is 3. The van der Waals surface area contributed by atoms with Crippen molar-refractivity contribution in [3.05, 3.63) is 56.4 Å². The van der Waals surface area contributed by atoms with Gasteiger partial charge in [0.2, 0.25) is 0 Å². The average molecular weight is 752 g/mol. The van der Waals surface area contributed by atoms with Crippen LogP contribution in [0.25, 0.3) is 20.4 Å². The number of halogens is 1. The van der Waals surface area contributed by atoms with Crippen LogP contribution in [0.4, 0.5) is 11.5 Å². The molecule has 1 aliphatic heterocycles. The SMILES string of the molecule is CCOC(=O)C1CCc2c(sc3ncnc(Cl)c23)C1.CCOC(=O)C1CCc2c(sc3ncnc(Nc4cc5c(cc4OC)CC(=O)S5)c23)C1. The first kappa shape index (κ1) is 34.6. The fraction of sp³-hybridized carbons (Fsp3) is 0.400. The van der Waals surface area contributed by atoms with E-state index in [4.69, 9.17) is 25.8 Å². The molecule has 0 spiro atoms. The third-order valence-electron chi connectivity index (χ3n) is 9.08. The van der Waals surface area contributed by atoms with Crippen LogP contribution in [0.15, 0.2) is 29.7 Å². The number of thioether (sulfide) groups is 1. The van der Waals surface area contributed by atoms with E-state index in [1.165, 1.54) is 39.0 Å². The van der Waals surface area contributed by atoms with E-state index in [-0.39, 0.29) is 28.9 Å². The Labute approximate surface area is 305 Å². The van der Waals surface area contributed by atoms with Gasteiger partial charge in [-0.1, -0.05) is 23.4 Å². The number of ether oxygens (including phenoxy) is 3. The molecular formula is C35H34ClN5O6S3. The van der Waals surface area contributed by atoms with Crippen LogP contribution in [0.3, 0.4) is 0 Å². The average Bonchev–Trinajstić information content (AvgIpc) is 3.80. The predicted octanol–water partition coefficient (Wildman–Crippen LogP) is 7.30. The zero-order chi connectivity index (χ0) is 34.9. The molecule has 0 saturated carbocycles. The number of hydrogen-bond donors (Lipinski definition) is 1. The van der Waals surface area contributed by atoms with E-state index in [2.05, 4.69) is 25.3 Å². The van der Waals surface area contributed by atoms with Gasteiger partial charge in [-0.2, -0.15) is 0 Å². The molecule has 4 aromatic heterocycles. The van der Waals surface area contributed by atoms with Crippen LogP contribution in [-0.2, 0) is 56.0 Å². The Kier molecular flexibility index (Phi) is 10.2. The monoisotopic (exact) mass is 751 g/mol. The molecular weight excluding hydrogens is 718 g/mol. The number of fused-ring (bicyclic) bond motifs is 7. The summed E-state index contributed by atoms with van der Waals surface area (Å²) in [5.41, 5.74) is 4.17. The fourth-order valence-corrected chi connectivity index (χ4v) is 10.5. The van der Waals surface area contributed by atoms with Crippen LogP contribution in [0, 0.1) is 11.8 Å². The number of benzene rings is 1. The Morgan fingerprint density at radius 1 is 0.880 bits per heavy atom. The van der Waals surface area contributed by atoms with E-state index in [0.29, 0.717) is 42.8 Å². The molecule has 3 aliphatic rings. The number of anilines is 2. The molecule has 260 valence electrons. The third kappa shape index (κ3) is 6.78. The number of hydrogen-bond acceptors (Lipinski definition) is 14. The van der Waals surface area contributed by atoms with Gasteiger partial charge in [0.1, 0.15) is 39.0 Å². The number of nitrogens with one attached hydrogen (secondary N) is 1. The van der Waals surface area contributed by atoms with Crippen molar-refractivity contribution in [3.8, 4) is 5.75 Å². The minimum absolute atomic E-state index is 0.0350. The second-order valence-corrected chi connectivity index (χ2v) is 15.7. The summed E-state index contributed by atoms with van der Waals surface area (Å²) in [4.78, 5) is 58.3. The first-order chi connectivity index (χ1) is 24.3. The quantitative estimate of drug-likeness (QED) is 0.132. The Morgan fingerprint density at radius 3 is 2.10 bits per heavy atom. The highest BCUT2D eigenvalue weighted by molar-refractivity contribution is 8.14. The molecule has 0 radical (unpaired) electrons. The van der Waals surface area contributed by atoms with Crippen molar-refractivity contribution < 1.29 is 28.6 Å². The van der Waals surface area contributed by atoms with Gasteiger partial charge in [0.25, 0.3) is 0 Å². The van der Waals surface area contributed by atoms with Crippen molar-refractivity contribution in [2.45, 2.75) is 63.7 Å². The van der Waals surface area contributed by atoms with Crippen LogP contribution in [0.2, 0.25) is 5.15 Å². The number of rotatable bonds is 7. The minimum atomic E-state index is -0.120. The van der Waals surface area contributed by atoms with Crippen molar-refractivity contribution in [2.75, 3.05) is 25.6 Å². The fourth-order valence-electron chi connectivity index (χ4n) is 6.74. The maximum atomic E-state index is 12.2. The van der Waals surface area contributed by atoms with Gasteiger partial charge in [-0.3, -0.25) is 14.4 Å². The van der Waals surface area contributed by atoms with Gasteiger partial charge in [-0.05, 0) is 81.2 Å². The molecule has 2 atom stereocenters. The standard InChI is InChI=1S/C22H21N3O4S2.C13H13ClN2O2S/c1-3-29-22(27)11-4-5-13-17(7-11)31-21-19(13)20(23-10-24-21)25-14-9-16-12(6-15(14)28-2)8-18(26)30-16;1-2-18-13(17)7-3-4-8-9(5-7)19-12-10(8)11(14)15-6-16-12/h6,9-11H,3-5,7-8H2,1-2H3,(H,23,24,25);6-7H,2-5H2,1H3. The topological polar surface area (TPSA) is 142 Å². The zero-order valence-corrected chi connectivity index (χ0v) is 30.9. The second kappa shape index (κ2) is 14.8. The lowest BCUT2D eigenvalue weighted by atomic mass is 9.88. The second-order valence-electron chi connectivity index (χ2n) is 12.1. The van der Waals surface area contributed by atoms with E-state index in [0.717, 1.165) is 68.7 Å². The van der Waals surface area contributed by atoms with E-state index < -0.39 is 0 Å². The van der Waals surface area contributed by atoms with Crippen LogP contribution in [0.5, 0.6) is 5.75 Å². The molecule has 0 amide bonds. The number of nitrogens with zero attached hydrogens (tertiary/aromatic N) is 4. The van der Waals surface area contributed by atoms with Gasteiger partial charge in [0.15, 0.2) is 5.12 Å². The Bertz CT molecular complexity index is 2140. The van der Waals surface area contributed by atoms with Crippen molar-refractivity contribution in [3.63, 3.8) is 0 Å². The lowest BCUT2D eigenvalue weighted by molar-refractivity contribution is -0.149. The molecule has 15 heteroatoms. The van der Waals surface area contributed by atoms with Gasteiger partial charge in [0.05, 0.1) is 48.6 Å². The van der Waals surface area contributed by atoms with Gasteiger partial charge in [-0.15, -0.1) is 22.7 Å². The summed E-state index contributed by atoms with van der Waals surface area (Å²) in [6.45, 7) is 4.51. The third-order valence-corrected chi connectivity index (χ3v) is 12.7. The normalized spacial score (nSPS) is 17.7. The predicted molar refractivity (Wildman–Crippen MR) is 195 cm³/mol. The highest BCUT2D eigenvalue weighted by Gasteiger charge is 2.31. The molecule has 50 heavy (non-hydrogen) atoms. The first-order valence-electron chi connectivity index (χ1n) is 16.5. The minimum Gasteiger partial charge on any atom is -0.495 e. The number of thiophene rings is 2. The molecule has 0 saturated heterocycles. The Morgan fingerprint density at radius 2 is 1.48 bits per heavy atom. The summed E-state index contributed by atoms with van der Waals surface area (Å²) < 4.78 is 15.9. The molecule has 0 fully saturated rings. The molecule has 0 bridgehead atoms. The zero-order valence-electron chi connectivity index (χ0n) is 27.7. The molecule has 5 heterocycles. The smallest absolute Gasteiger partial charge is 0.309 e. The summed E-state index contributed by atoms with van der Waals surface area (Å²) in [7, 11) is 1.62. The van der Waals surface area contributed by atoms with Gasteiger partial charge < -0.3 is 19.5 Å². The highest BCUT2D eigenvalue weighted by Crippen LogP contribution is 2.44. The molecule has 1 N–H and O–H groups in total. The largest absolute Gasteiger partial charge is 0.495 e. The van der Waals surface area contributed by atoms with Crippen molar-refractivity contribution in [1.82, 2.24) is 19.9 Å². The van der Waals surface area contributed by atoms with E-state index in [1.807, 2.05) is 26.0 Å². The number of aromatic nitrogens is 4. The van der Waals surface area contributed by atoms with Crippen LogP contribution in [-0.4, -0.2) is 57.3 Å². The summed E-state index contributed by atoms with van der Waals surface area (Å²) in [6, 6.07) is 3.87. The van der Waals surface area contributed by atoms with E-state index in [9.17, 15) is 14.4 Å². The number of carbonyl (C=O) groups is 3. The number of aryl methyl sites for hydroxylation is 2.